The number of aryl methyl sites for hydroxylation is 1. The number of ether oxygens (including phenoxy) is 1. The van der Waals surface area contributed by atoms with Crippen molar-refractivity contribution in [2.75, 3.05) is 30.8 Å². The highest BCUT2D eigenvalue weighted by molar-refractivity contribution is 7.92. The number of hydrogen-bond donors (Lipinski definition) is 4. The second-order valence-electron chi connectivity index (χ2n) is 11.5. The van der Waals surface area contributed by atoms with Crippen LogP contribution in [0.3, 0.4) is 0 Å². The average molecular weight is 651 g/mol. The Hall–Kier alpha value is -4.39. The van der Waals surface area contributed by atoms with Crippen molar-refractivity contribution in [2.24, 2.45) is 0 Å². The van der Waals surface area contributed by atoms with E-state index in [2.05, 4.69) is 24.5 Å². The number of aliphatic hydroxyl groups excluding tert-OH is 1. The van der Waals surface area contributed by atoms with Crippen LogP contribution < -0.4 is 19.7 Å². The summed E-state index contributed by atoms with van der Waals surface area (Å²) in [6, 6.07) is 20.3. The lowest BCUT2D eigenvalue weighted by atomic mass is 9.98. The minimum absolute atomic E-state index is 0.0187. The third-order valence-corrected chi connectivity index (χ3v) is 9.84. The minimum atomic E-state index is -3.55. The van der Waals surface area contributed by atoms with Crippen LogP contribution in [-0.2, 0) is 34.3 Å². The molecule has 0 bridgehead atoms. The SMILES string of the molecule is COc1cccc(CNC[C@@H](O)[C@H](Cc2ccccc2)NC(=O)c2cc3c4c(c2)c(C(C)C)cn4CCS(=O)(=O)N3C)c1.O=CO. The molecule has 0 saturated heterocycles. The van der Waals surface area contributed by atoms with Gasteiger partial charge in [-0.2, -0.15) is 0 Å². The zero-order valence-electron chi connectivity index (χ0n) is 26.5. The van der Waals surface area contributed by atoms with Gasteiger partial charge in [-0.05, 0) is 53.3 Å². The van der Waals surface area contributed by atoms with Crippen LogP contribution in [0.15, 0.2) is 72.9 Å². The number of rotatable bonds is 11. The van der Waals surface area contributed by atoms with E-state index in [1.54, 1.807) is 20.2 Å². The van der Waals surface area contributed by atoms with Crippen molar-refractivity contribution in [1.29, 1.82) is 0 Å². The van der Waals surface area contributed by atoms with Gasteiger partial charge in [-0.15, -0.1) is 0 Å². The van der Waals surface area contributed by atoms with Gasteiger partial charge >= 0.3 is 0 Å². The van der Waals surface area contributed by atoms with Gasteiger partial charge in [0.1, 0.15) is 5.75 Å². The first-order chi connectivity index (χ1) is 22.0. The molecule has 1 aliphatic rings. The molecule has 0 unspecified atom stereocenters. The summed E-state index contributed by atoms with van der Waals surface area (Å²) in [5.74, 6) is 0.549. The molecule has 4 aromatic rings. The fourth-order valence-corrected chi connectivity index (χ4v) is 6.78. The van der Waals surface area contributed by atoms with Crippen LogP contribution in [0.5, 0.6) is 5.75 Å². The van der Waals surface area contributed by atoms with Gasteiger partial charge in [0, 0.05) is 43.8 Å². The number of benzene rings is 3. The number of carbonyl (C=O) groups excluding carboxylic acids is 1. The van der Waals surface area contributed by atoms with E-state index >= 15 is 0 Å². The highest BCUT2D eigenvalue weighted by Gasteiger charge is 2.30. The van der Waals surface area contributed by atoms with E-state index in [9.17, 15) is 18.3 Å². The van der Waals surface area contributed by atoms with Gasteiger partial charge in [0.2, 0.25) is 10.0 Å². The second kappa shape index (κ2) is 15.3. The fourth-order valence-electron chi connectivity index (χ4n) is 5.64. The summed E-state index contributed by atoms with van der Waals surface area (Å²) >= 11 is 0. The number of anilines is 1. The Morgan fingerprint density at radius 3 is 2.43 bits per heavy atom. The molecule has 5 rings (SSSR count). The highest BCUT2D eigenvalue weighted by Crippen LogP contribution is 2.37. The number of hydrogen-bond acceptors (Lipinski definition) is 7. The molecule has 2 heterocycles. The van der Waals surface area contributed by atoms with Gasteiger partial charge in [-0.3, -0.25) is 13.9 Å². The standard InChI is InChI=1S/C33H40N4O5S.CH2O2/c1-22(2)28-21-37-13-14-43(40,41)36(3)30-18-25(17-27(28)32(30)37)33(39)35-29(16-23-9-6-5-7-10-23)31(38)20-34-19-24-11-8-12-26(15-24)42-4;2-1-3/h5-12,15,17-18,21-22,29,31,34,38H,13-14,16,19-20H2,1-4H3,(H,35,39);1H,(H,2,3)/t29-,31+;/m0./s1. The lowest BCUT2D eigenvalue weighted by molar-refractivity contribution is -0.122. The highest BCUT2D eigenvalue weighted by atomic mass is 32.2. The predicted octanol–water partition coefficient (Wildman–Crippen LogP) is 3.75. The van der Waals surface area contributed by atoms with Crippen molar-refractivity contribution in [1.82, 2.24) is 15.2 Å². The van der Waals surface area contributed by atoms with Crippen LogP contribution in [0.25, 0.3) is 10.9 Å². The van der Waals surface area contributed by atoms with Crippen LogP contribution >= 0.6 is 0 Å². The third kappa shape index (κ3) is 8.06. The number of aliphatic hydroxyl groups is 1. The largest absolute Gasteiger partial charge is 0.497 e. The van der Waals surface area contributed by atoms with Crippen LogP contribution in [0.2, 0.25) is 0 Å². The normalized spacial score (nSPS) is 15.0. The Morgan fingerprint density at radius 1 is 1.07 bits per heavy atom. The van der Waals surface area contributed by atoms with Gasteiger partial charge in [-0.25, -0.2) is 8.42 Å². The molecule has 11 nitrogen and oxygen atoms in total. The number of carbonyl (C=O) groups is 2. The number of carboxylic acid groups (broad SMARTS) is 1. The lowest BCUT2D eigenvalue weighted by Crippen LogP contribution is -2.48. The number of sulfonamides is 1. The van der Waals surface area contributed by atoms with E-state index in [-0.39, 0.29) is 30.6 Å². The third-order valence-electron chi connectivity index (χ3n) is 8.11. The second-order valence-corrected chi connectivity index (χ2v) is 13.7. The van der Waals surface area contributed by atoms with E-state index in [0.29, 0.717) is 30.8 Å². The van der Waals surface area contributed by atoms with E-state index in [4.69, 9.17) is 14.6 Å². The zero-order chi connectivity index (χ0) is 33.4. The first-order valence-electron chi connectivity index (χ1n) is 15.1. The van der Waals surface area contributed by atoms with Crippen molar-refractivity contribution in [3.63, 3.8) is 0 Å². The molecule has 246 valence electrons. The van der Waals surface area contributed by atoms with Crippen molar-refractivity contribution in [3.8, 4) is 5.75 Å². The lowest BCUT2D eigenvalue weighted by Gasteiger charge is -2.25. The topological polar surface area (TPSA) is 150 Å². The Morgan fingerprint density at radius 2 is 1.76 bits per heavy atom. The van der Waals surface area contributed by atoms with Crippen molar-refractivity contribution in [2.45, 2.75) is 51.4 Å². The molecule has 1 aromatic heterocycles. The van der Waals surface area contributed by atoms with Crippen LogP contribution in [0, 0.1) is 0 Å². The molecule has 2 atom stereocenters. The first-order valence-corrected chi connectivity index (χ1v) is 16.7. The van der Waals surface area contributed by atoms with Gasteiger partial charge in [-0.1, -0.05) is 56.3 Å². The monoisotopic (exact) mass is 650 g/mol. The maximum Gasteiger partial charge on any atom is 0.290 e. The molecular formula is C34H42N4O7S. The van der Waals surface area contributed by atoms with Crippen molar-refractivity contribution >= 4 is 39.0 Å². The van der Waals surface area contributed by atoms with Crippen LogP contribution in [0.4, 0.5) is 5.69 Å². The fraction of sp³-hybridized carbons (Fsp3) is 0.353. The van der Waals surface area contributed by atoms with Crippen LogP contribution in [0.1, 0.15) is 46.8 Å². The molecule has 12 heteroatoms. The van der Waals surface area contributed by atoms with E-state index < -0.39 is 22.2 Å². The number of aromatic nitrogens is 1. The molecule has 1 amide bonds. The Bertz CT molecular complexity index is 1760. The van der Waals surface area contributed by atoms with E-state index in [1.807, 2.05) is 71.4 Å². The van der Waals surface area contributed by atoms with E-state index in [0.717, 1.165) is 33.3 Å². The number of nitrogens with one attached hydrogen (secondary N) is 2. The Labute approximate surface area is 269 Å². The maximum absolute atomic E-state index is 13.9. The molecule has 4 N–H and O–H groups in total. The smallest absolute Gasteiger partial charge is 0.290 e. The average Bonchev–Trinajstić information content (AvgIpc) is 3.38. The summed E-state index contributed by atoms with van der Waals surface area (Å²) in [7, 11) is -0.384. The molecule has 46 heavy (non-hydrogen) atoms. The van der Waals surface area contributed by atoms with E-state index in [1.165, 1.54) is 4.31 Å². The number of amides is 1. The predicted molar refractivity (Wildman–Crippen MR) is 179 cm³/mol. The Balaban J connectivity index is 0.00000154. The summed E-state index contributed by atoms with van der Waals surface area (Å²) in [6.07, 6.45) is 1.53. The number of methoxy groups -OCH3 is 1. The molecule has 3 aromatic carbocycles. The first kappa shape index (κ1) is 34.5. The minimum Gasteiger partial charge on any atom is -0.497 e. The molecule has 0 fully saturated rings. The number of nitrogens with zero attached hydrogens (tertiary/aromatic N) is 2. The quantitative estimate of drug-likeness (QED) is 0.179. The Kier molecular flexibility index (Phi) is 11.4. The van der Waals surface area contributed by atoms with Gasteiger partial charge in [0.15, 0.2) is 0 Å². The van der Waals surface area contributed by atoms with Gasteiger partial charge in [0.25, 0.3) is 12.4 Å². The zero-order valence-corrected chi connectivity index (χ0v) is 27.3. The summed E-state index contributed by atoms with van der Waals surface area (Å²) in [5, 5.41) is 25.4. The molecule has 0 saturated carbocycles. The van der Waals surface area contributed by atoms with Gasteiger partial charge in [0.05, 0.1) is 36.2 Å². The molecule has 0 spiro atoms. The van der Waals surface area contributed by atoms with Crippen LogP contribution in [-0.4, -0.2) is 74.2 Å². The molecule has 0 radical (unpaired) electrons. The van der Waals surface area contributed by atoms with Gasteiger partial charge < -0.3 is 30.2 Å². The summed E-state index contributed by atoms with van der Waals surface area (Å²) < 4.78 is 34.5. The van der Waals surface area contributed by atoms with Crippen molar-refractivity contribution in [3.05, 3.63) is 95.2 Å². The summed E-state index contributed by atoms with van der Waals surface area (Å²) in [4.78, 5) is 22.2. The molecule has 1 aliphatic heterocycles. The maximum atomic E-state index is 13.9. The molecule has 0 aliphatic carbocycles. The summed E-state index contributed by atoms with van der Waals surface area (Å²) in [6.45, 7) is 5.05. The summed E-state index contributed by atoms with van der Waals surface area (Å²) in [5.41, 5.74) is 4.69. The molecular weight excluding hydrogens is 608 g/mol. The van der Waals surface area contributed by atoms with Crippen molar-refractivity contribution < 1.29 is 33.0 Å².